The van der Waals surface area contributed by atoms with Gasteiger partial charge in [0.05, 0.1) is 12.5 Å². The molecular formula is C15H27O2. The molecule has 2 heteroatoms. The summed E-state index contributed by atoms with van der Waals surface area (Å²) in [4.78, 5) is 11.7. The first-order valence-corrected chi connectivity index (χ1v) is 7.33. The number of carbonyl (C=O) groups is 1. The highest BCUT2D eigenvalue weighted by Crippen LogP contribution is 2.24. The normalized spacial score (nSPS) is 17.0. The lowest BCUT2D eigenvalue weighted by Crippen LogP contribution is -2.20. The fourth-order valence-corrected chi connectivity index (χ4v) is 2.34. The fraction of sp³-hybridized carbons (Fsp3) is 0.867. The van der Waals surface area contributed by atoms with E-state index in [1.165, 1.54) is 32.1 Å². The van der Waals surface area contributed by atoms with Crippen molar-refractivity contribution < 1.29 is 9.53 Å². The van der Waals surface area contributed by atoms with E-state index >= 15 is 0 Å². The molecule has 1 aliphatic carbocycles. The summed E-state index contributed by atoms with van der Waals surface area (Å²) in [5.74, 6) is 0.228. The number of unbranched alkanes of at least 4 members (excludes halogenated alkanes) is 5. The van der Waals surface area contributed by atoms with Crippen LogP contribution in [0, 0.1) is 12.3 Å². The number of hydrogen-bond acceptors (Lipinski definition) is 2. The van der Waals surface area contributed by atoms with Crippen molar-refractivity contribution in [2.75, 3.05) is 6.61 Å². The van der Waals surface area contributed by atoms with Gasteiger partial charge in [-0.2, -0.15) is 0 Å². The molecular weight excluding hydrogens is 212 g/mol. The molecule has 0 heterocycles. The summed E-state index contributed by atoms with van der Waals surface area (Å²) < 4.78 is 5.34. The summed E-state index contributed by atoms with van der Waals surface area (Å²) in [6.07, 6.45) is 13.9. The van der Waals surface area contributed by atoms with E-state index in [1.54, 1.807) is 0 Å². The van der Waals surface area contributed by atoms with Crippen molar-refractivity contribution in [3.63, 3.8) is 0 Å². The molecule has 1 fully saturated rings. The highest BCUT2D eigenvalue weighted by atomic mass is 16.5. The van der Waals surface area contributed by atoms with Crippen molar-refractivity contribution in [3.05, 3.63) is 6.42 Å². The van der Waals surface area contributed by atoms with Crippen LogP contribution in [0.25, 0.3) is 0 Å². The van der Waals surface area contributed by atoms with Crippen LogP contribution in [-0.2, 0) is 9.53 Å². The number of esters is 1. The molecule has 2 nitrogen and oxygen atoms in total. The van der Waals surface area contributed by atoms with E-state index in [-0.39, 0.29) is 11.9 Å². The van der Waals surface area contributed by atoms with Gasteiger partial charge in [-0.1, -0.05) is 39.0 Å². The molecule has 1 aliphatic rings. The van der Waals surface area contributed by atoms with Crippen LogP contribution in [0.5, 0.6) is 0 Å². The van der Waals surface area contributed by atoms with Gasteiger partial charge in [0, 0.05) is 0 Å². The fourth-order valence-electron chi connectivity index (χ4n) is 2.34. The predicted octanol–water partition coefficient (Wildman–Crippen LogP) is 4.28. The zero-order chi connectivity index (χ0) is 12.3. The maximum absolute atomic E-state index is 11.7. The molecule has 1 rings (SSSR count). The number of rotatable bonds is 8. The Kier molecular flexibility index (Phi) is 8.12. The molecule has 0 amide bonds. The van der Waals surface area contributed by atoms with E-state index < -0.39 is 0 Å². The van der Waals surface area contributed by atoms with Gasteiger partial charge in [-0.15, -0.1) is 0 Å². The average molecular weight is 239 g/mol. The molecule has 0 unspecified atom stereocenters. The molecule has 0 aromatic carbocycles. The van der Waals surface area contributed by atoms with Crippen molar-refractivity contribution in [3.8, 4) is 0 Å². The van der Waals surface area contributed by atoms with Crippen LogP contribution >= 0.6 is 0 Å². The maximum atomic E-state index is 11.7. The quantitative estimate of drug-likeness (QED) is 0.466. The van der Waals surface area contributed by atoms with Crippen molar-refractivity contribution in [1.29, 1.82) is 0 Å². The monoisotopic (exact) mass is 239 g/mol. The van der Waals surface area contributed by atoms with E-state index in [0.717, 1.165) is 32.1 Å². The van der Waals surface area contributed by atoms with Crippen LogP contribution in [0.15, 0.2) is 0 Å². The number of hydrogen-bond donors (Lipinski definition) is 0. The van der Waals surface area contributed by atoms with Gasteiger partial charge in [0.1, 0.15) is 0 Å². The molecule has 0 saturated heterocycles. The minimum atomic E-state index is 0.0478. The Bertz CT molecular complexity index is 195. The average Bonchev–Trinajstić information content (AvgIpc) is 2.38. The second-order valence-corrected chi connectivity index (χ2v) is 5.08. The van der Waals surface area contributed by atoms with E-state index in [2.05, 4.69) is 13.3 Å². The zero-order valence-electron chi connectivity index (χ0n) is 11.2. The molecule has 0 N–H and O–H groups in total. The van der Waals surface area contributed by atoms with Crippen LogP contribution in [0.4, 0.5) is 0 Å². The largest absolute Gasteiger partial charge is 0.465 e. The third-order valence-corrected chi connectivity index (χ3v) is 3.51. The van der Waals surface area contributed by atoms with Crippen molar-refractivity contribution >= 4 is 5.97 Å². The summed E-state index contributed by atoms with van der Waals surface area (Å²) in [7, 11) is 0. The van der Waals surface area contributed by atoms with Gasteiger partial charge in [0.25, 0.3) is 0 Å². The Morgan fingerprint density at radius 2 is 1.76 bits per heavy atom. The predicted molar refractivity (Wildman–Crippen MR) is 70.6 cm³/mol. The Morgan fingerprint density at radius 1 is 1.12 bits per heavy atom. The smallest absolute Gasteiger partial charge is 0.308 e. The van der Waals surface area contributed by atoms with Crippen molar-refractivity contribution in [1.82, 2.24) is 0 Å². The lowest BCUT2D eigenvalue weighted by molar-refractivity contribution is -0.149. The van der Waals surface area contributed by atoms with Crippen LogP contribution < -0.4 is 0 Å². The molecule has 17 heavy (non-hydrogen) atoms. The number of ether oxygens (including phenoxy) is 1. The SMILES string of the molecule is CCCCCCCCOC(=O)C1CC[CH]CC1. The topological polar surface area (TPSA) is 26.3 Å². The minimum Gasteiger partial charge on any atom is -0.465 e. The van der Waals surface area contributed by atoms with E-state index in [1.807, 2.05) is 0 Å². The molecule has 1 radical (unpaired) electrons. The molecule has 0 bridgehead atoms. The molecule has 1 saturated carbocycles. The lowest BCUT2D eigenvalue weighted by atomic mass is 9.89. The summed E-state index contributed by atoms with van der Waals surface area (Å²) >= 11 is 0. The van der Waals surface area contributed by atoms with E-state index in [9.17, 15) is 4.79 Å². The van der Waals surface area contributed by atoms with Crippen LogP contribution in [0.3, 0.4) is 0 Å². The van der Waals surface area contributed by atoms with Crippen molar-refractivity contribution in [2.24, 2.45) is 5.92 Å². The Morgan fingerprint density at radius 3 is 2.47 bits per heavy atom. The second kappa shape index (κ2) is 9.49. The van der Waals surface area contributed by atoms with E-state index in [0.29, 0.717) is 6.61 Å². The summed E-state index contributed by atoms with van der Waals surface area (Å²) in [6, 6.07) is 0. The molecule has 0 atom stereocenters. The number of carbonyl (C=O) groups excluding carboxylic acids is 1. The molecule has 0 spiro atoms. The molecule has 0 aromatic heterocycles. The molecule has 0 aromatic rings. The molecule has 0 aliphatic heterocycles. The van der Waals surface area contributed by atoms with Gasteiger partial charge in [-0.25, -0.2) is 0 Å². The van der Waals surface area contributed by atoms with Gasteiger partial charge in [-0.05, 0) is 38.5 Å². The van der Waals surface area contributed by atoms with Crippen LogP contribution in [-0.4, -0.2) is 12.6 Å². The Balaban J connectivity index is 1.92. The van der Waals surface area contributed by atoms with E-state index in [4.69, 9.17) is 4.74 Å². The minimum absolute atomic E-state index is 0.0478. The van der Waals surface area contributed by atoms with Crippen LogP contribution in [0.1, 0.15) is 71.1 Å². The highest BCUT2D eigenvalue weighted by molar-refractivity contribution is 5.72. The van der Waals surface area contributed by atoms with Gasteiger partial charge < -0.3 is 4.74 Å². The van der Waals surface area contributed by atoms with Crippen LogP contribution in [0.2, 0.25) is 0 Å². The van der Waals surface area contributed by atoms with Gasteiger partial charge in [-0.3, -0.25) is 4.79 Å². The maximum Gasteiger partial charge on any atom is 0.308 e. The highest BCUT2D eigenvalue weighted by Gasteiger charge is 2.22. The first-order valence-electron chi connectivity index (χ1n) is 7.33. The van der Waals surface area contributed by atoms with Gasteiger partial charge in [0.2, 0.25) is 0 Å². The molecule has 99 valence electrons. The zero-order valence-corrected chi connectivity index (χ0v) is 11.2. The summed E-state index contributed by atoms with van der Waals surface area (Å²) in [6.45, 7) is 2.86. The lowest BCUT2D eigenvalue weighted by Gasteiger charge is -2.19. The van der Waals surface area contributed by atoms with Crippen molar-refractivity contribution in [2.45, 2.75) is 71.1 Å². The third-order valence-electron chi connectivity index (χ3n) is 3.51. The third kappa shape index (κ3) is 6.70. The Labute approximate surface area is 106 Å². The Hall–Kier alpha value is -0.530. The standard InChI is InChI=1S/C15H27O2/c1-2-3-4-5-6-10-13-17-15(16)14-11-8-7-9-12-14/h7,14H,2-6,8-13H2,1H3. The first kappa shape index (κ1) is 14.5. The second-order valence-electron chi connectivity index (χ2n) is 5.08. The summed E-state index contributed by atoms with van der Waals surface area (Å²) in [5, 5.41) is 0. The van der Waals surface area contributed by atoms with Gasteiger partial charge in [0.15, 0.2) is 0 Å². The van der Waals surface area contributed by atoms with Gasteiger partial charge >= 0.3 is 5.97 Å². The summed E-state index contributed by atoms with van der Waals surface area (Å²) in [5.41, 5.74) is 0. The first-order chi connectivity index (χ1) is 8.34.